The van der Waals surface area contributed by atoms with E-state index in [4.69, 9.17) is 8.94 Å². The predicted molar refractivity (Wildman–Crippen MR) is 99.2 cm³/mol. The Balaban J connectivity index is 1.73. The van der Waals surface area contributed by atoms with E-state index in [2.05, 4.69) is 36.1 Å². The standard InChI is InChI=1S/C19H22FN3O2S/c1-18(2,3)15-10-14(25-23-15)16-21-22-17(24-16)19(4,5)26-11-12-6-8-13(20)9-7-12/h6-10H,11H2,1-5H3. The van der Waals surface area contributed by atoms with Crippen molar-refractivity contribution in [3.05, 3.63) is 53.3 Å². The van der Waals surface area contributed by atoms with Gasteiger partial charge in [0.05, 0.1) is 10.4 Å². The summed E-state index contributed by atoms with van der Waals surface area (Å²) < 4.78 is 23.8. The van der Waals surface area contributed by atoms with E-state index in [0.29, 0.717) is 23.3 Å². The molecule has 0 atom stereocenters. The lowest BCUT2D eigenvalue weighted by atomic mass is 9.92. The summed E-state index contributed by atoms with van der Waals surface area (Å²) in [5, 5.41) is 12.4. The van der Waals surface area contributed by atoms with E-state index in [1.54, 1.807) is 23.9 Å². The summed E-state index contributed by atoms with van der Waals surface area (Å²) in [6.45, 7) is 10.2. The van der Waals surface area contributed by atoms with Gasteiger partial charge < -0.3 is 8.94 Å². The van der Waals surface area contributed by atoms with Crippen LogP contribution in [0.5, 0.6) is 0 Å². The number of hydrogen-bond donors (Lipinski definition) is 0. The fourth-order valence-corrected chi connectivity index (χ4v) is 3.13. The maximum absolute atomic E-state index is 13.0. The smallest absolute Gasteiger partial charge is 0.286 e. The Kier molecular flexibility index (Phi) is 4.92. The van der Waals surface area contributed by atoms with Crippen LogP contribution in [0.2, 0.25) is 0 Å². The van der Waals surface area contributed by atoms with Crippen LogP contribution in [0, 0.1) is 5.82 Å². The van der Waals surface area contributed by atoms with Gasteiger partial charge in [-0.15, -0.1) is 22.0 Å². The lowest BCUT2D eigenvalue weighted by molar-refractivity contribution is 0.384. The molecule has 0 N–H and O–H groups in total. The van der Waals surface area contributed by atoms with E-state index >= 15 is 0 Å². The van der Waals surface area contributed by atoms with E-state index < -0.39 is 4.75 Å². The minimum Gasteiger partial charge on any atom is -0.417 e. The Morgan fingerprint density at radius 3 is 2.35 bits per heavy atom. The van der Waals surface area contributed by atoms with Crippen LogP contribution in [0.15, 0.2) is 39.3 Å². The van der Waals surface area contributed by atoms with Crippen molar-refractivity contribution in [2.45, 2.75) is 50.5 Å². The Labute approximate surface area is 156 Å². The lowest BCUT2D eigenvalue weighted by Gasteiger charge is -2.19. The van der Waals surface area contributed by atoms with Crippen LogP contribution in [0.4, 0.5) is 4.39 Å². The van der Waals surface area contributed by atoms with E-state index in [9.17, 15) is 4.39 Å². The van der Waals surface area contributed by atoms with Crippen molar-refractivity contribution in [1.82, 2.24) is 15.4 Å². The van der Waals surface area contributed by atoms with Gasteiger partial charge in [-0.25, -0.2) is 4.39 Å². The highest BCUT2D eigenvalue weighted by molar-refractivity contribution is 7.99. The van der Waals surface area contributed by atoms with Gasteiger partial charge in [0.1, 0.15) is 5.82 Å². The van der Waals surface area contributed by atoms with Gasteiger partial charge in [0, 0.05) is 17.2 Å². The predicted octanol–water partition coefficient (Wildman–Crippen LogP) is 5.33. The molecule has 138 valence electrons. The van der Waals surface area contributed by atoms with E-state index in [-0.39, 0.29) is 11.2 Å². The van der Waals surface area contributed by atoms with Crippen LogP contribution in [-0.4, -0.2) is 15.4 Å². The molecule has 0 radical (unpaired) electrons. The summed E-state index contributed by atoms with van der Waals surface area (Å²) in [5.41, 5.74) is 1.75. The van der Waals surface area contributed by atoms with E-state index in [1.807, 2.05) is 19.9 Å². The molecule has 3 rings (SSSR count). The summed E-state index contributed by atoms with van der Waals surface area (Å²) in [6, 6.07) is 8.31. The van der Waals surface area contributed by atoms with Crippen molar-refractivity contribution in [2.24, 2.45) is 0 Å². The normalized spacial score (nSPS) is 12.5. The second-order valence-electron chi connectivity index (χ2n) is 7.66. The van der Waals surface area contributed by atoms with Crippen LogP contribution in [0.25, 0.3) is 11.7 Å². The second kappa shape index (κ2) is 6.87. The van der Waals surface area contributed by atoms with Crippen molar-refractivity contribution in [3.8, 4) is 11.7 Å². The summed E-state index contributed by atoms with van der Waals surface area (Å²) in [4.78, 5) is 0. The maximum Gasteiger partial charge on any atom is 0.286 e. The Morgan fingerprint density at radius 2 is 1.73 bits per heavy atom. The Bertz CT molecular complexity index is 879. The third kappa shape index (κ3) is 4.15. The van der Waals surface area contributed by atoms with Crippen LogP contribution in [-0.2, 0) is 15.9 Å². The molecule has 0 spiro atoms. The Hall–Kier alpha value is -2.15. The van der Waals surface area contributed by atoms with Crippen LogP contribution < -0.4 is 0 Å². The second-order valence-corrected chi connectivity index (χ2v) is 9.26. The van der Waals surface area contributed by atoms with Crippen LogP contribution in [0.1, 0.15) is 51.8 Å². The quantitative estimate of drug-likeness (QED) is 0.600. The molecule has 0 aliphatic heterocycles. The van der Waals surface area contributed by atoms with Crippen LogP contribution in [0.3, 0.4) is 0 Å². The minimum absolute atomic E-state index is 0.116. The maximum atomic E-state index is 13.0. The van der Waals surface area contributed by atoms with Crippen LogP contribution >= 0.6 is 11.8 Å². The molecule has 0 aliphatic carbocycles. The number of hydrogen-bond acceptors (Lipinski definition) is 6. The van der Waals surface area contributed by atoms with Crippen molar-refractivity contribution in [2.75, 3.05) is 0 Å². The molecule has 0 amide bonds. The molecule has 0 aliphatic rings. The Morgan fingerprint density at radius 1 is 1.04 bits per heavy atom. The summed E-state index contributed by atoms with van der Waals surface area (Å²) in [6.07, 6.45) is 0. The molecule has 0 saturated heterocycles. The molecule has 1 aromatic carbocycles. The number of thioether (sulfide) groups is 1. The molecule has 2 aromatic heterocycles. The number of halogens is 1. The third-order valence-electron chi connectivity index (χ3n) is 3.94. The SMILES string of the molecule is CC(C)(C)c1cc(-c2nnc(C(C)(C)SCc3ccc(F)cc3)o2)on1. The molecule has 26 heavy (non-hydrogen) atoms. The molecule has 0 saturated carbocycles. The average Bonchev–Trinajstić information content (AvgIpc) is 3.23. The topological polar surface area (TPSA) is 65.0 Å². The van der Waals surface area contributed by atoms with Gasteiger partial charge >= 0.3 is 0 Å². The zero-order valence-corrected chi connectivity index (χ0v) is 16.4. The molecule has 0 bridgehead atoms. The largest absolute Gasteiger partial charge is 0.417 e. The van der Waals surface area contributed by atoms with Gasteiger partial charge in [0.25, 0.3) is 5.89 Å². The first-order valence-corrected chi connectivity index (χ1v) is 9.34. The fourth-order valence-electron chi connectivity index (χ4n) is 2.20. The first-order chi connectivity index (χ1) is 12.1. The number of nitrogens with zero attached hydrogens (tertiary/aromatic N) is 3. The van der Waals surface area contributed by atoms with Gasteiger partial charge in [0.15, 0.2) is 0 Å². The van der Waals surface area contributed by atoms with Gasteiger partial charge in [-0.1, -0.05) is 38.1 Å². The molecule has 5 nitrogen and oxygen atoms in total. The monoisotopic (exact) mass is 375 g/mol. The third-order valence-corrected chi connectivity index (χ3v) is 5.32. The lowest BCUT2D eigenvalue weighted by Crippen LogP contribution is -2.13. The van der Waals surface area contributed by atoms with Crippen molar-refractivity contribution in [1.29, 1.82) is 0 Å². The molecule has 2 heterocycles. The highest BCUT2D eigenvalue weighted by atomic mass is 32.2. The highest BCUT2D eigenvalue weighted by Crippen LogP contribution is 2.38. The number of rotatable bonds is 5. The van der Waals surface area contributed by atoms with Gasteiger partial charge in [-0.05, 0) is 31.5 Å². The molecular formula is C19H22FN3O2S. The average molecular weight is 375 g/mol. The summed E-state index contributed by atoms with van der Waals surface area (Å²) in [7, 11) is 0. The number of aromatic nitrogens is 3. The molecule has 0 unspecified atom stereocenters. The minimum atomic E-state index is -0.396. The first-order valence-electron chi connectivity index (χ1n) is 8.35. The number of benzene rings is 1. The van der Waals surface area contributed by atoms with E-state index in [0.717, 1.165) is 11.3 Å². The molecule has 7 heteroatoms. The van der Waals surface area contributed by atoms with Crippen molar-refractivity contribution < 1.29 is 13.3 Å². The summed E-state index contributed by atoms with van der Waals surface area (Å²) >= 11 is 1.64. The fraction of sp³-hybridized carbons (Fsp3) is 0.421. The van der Waals surface area contributed by atoms with Crippen molar-refractivity contribution >= 4 is 11.8 Å². The van der Waals surface area contributed by atoms with Gasteiger partial charge in [0.2, 0.25) is 11.7 Å². The molecule has 3 aromatic rings. The summed E-state index contributed by atoms with van der Waals surface area (Å²) in [5.74, 6) is 1.77. The van der Waals surface area contributed by atoms with E-state index in [1.165, 1.54) is 12.1 Å². The molecular weight excluding hydrogens is 353 g/mol. The first kappa shape index (κ1) is 18.6. The highest BCUT2D eigenvalue weighted by Gasteiger charge is 2.29. The van der Waals surface area contributed by atoms with Crippen molar-refractivity contribution in [3.63, 3.8) is 0 Å². The zero-order chi connectivity index (χ0) is 18.9. The molecule has 0 fully saturated rings. The zero-order valence-electron chi connectivity index (χ0n) is 15.5. The van der Waals surface area contributed by atoms with Gasteiger partial charge in [-0.3, -0.25) is 0 Å². The van der Waals surface area contributed by atoms with Gasteiger partial charge in [-0.2, -0.15) is 0 Å².